The number of carbonyl (C=O) groups excluding carboxylic acids is 1. The first-order chi connectivity index (χ1) is 11.6. The van der Waals surface area contributed by atoms with E-state index in [2.05, 4.69) is 10.1 Å². The zero-order valence-electron chi connectivity index (χ0n) is 12.3. The van der Waals surface area contributed by atoms with Crippen LogP contribution in [-0.2, 0) is 0 Å². The maximum absolute atomic E-state index is 12.4. The molecule has 1 unspecified atom stereocenters. The number of thioether (sulfide) groups is 1. The summed E-state index contributed by atoms with van der Waals surface area (Å²) in [7, 11) is 0. The maximum Gasteiger partial charge on any atom is 0.250 e. The monoisotopic (exact) mass is 375 g/mol. The van der Waals surface area contributed by atoms with Crippen molar-refractivity contribution in [2.24, 2.45) is 0 Å². The van der Waals surface area contributed by atoms with Gasteiger partial charge in [0.05, 0.1) is 10.0 Å². The molecular formula is C17H11Cl2N3OS. The molecule has 0 amide bonds. The fourth-order valence-corrected chi connectivity index (χ4v) is 4.01. The number of nitrogens with zero attached hydrogens (tertiary/aromatic N) is 3. The number of halogens is 2. The molecule has 24 heavy (non-hydrogen) atoms. The van der Waals surface area contributed by atoms with Gasteiger partial charge in [0.15, 0.2) is 11.0 Å². The molecule has 4 rings (SSSR count). The molecule has 0 spiro atoms. The van der Waals surface area contributed by atoms with Crippen LogP contribution in [0, 0.1) is 0 Å². The molecule has 1 aromatic heterocycles. The van der Waals surface area contributed by atoms with Gasteiger partial charge in [0.1, 0.15) is 0 Å². The third kappa shape index (κ3) is 2.83. The molecule has 7 heteroatoms. The average Bonchev–Trinajstić information content (AvgIpc) is 3.03. The molecule has 0 saturated heterocycles. The van der Waals surface area contributed by atoms with Crippen LogP contribution in [0.15, 0.2) is 53.7 Å². The Bertz CT molecular complexity index is 927. The molecule has 1 atom stereocenters. The minimum atomic E-state index is -0.0589. The van der Waals surface area contributed by atoms with Gasteiger partial charge in [-0.05, 0) is 23.8 Å². The van der Waals surface area contributed by atoms with Crippen LogP contribution in [0.2, 0.25) is 10.0 Å². The van der Waals surface area contributed by atoms with Crippen molar-refractivity contribution < 1.29 is 4.79 Å². The summed E-state index contributed by atoms with van der Waals surface area (Å²) in [6, 6.07) is 15.1. The van der Waals surface area contributed by atoms with E-state index in [1.807, 2.05) is 30.3 Å². The summed E-state index contributed by atoms with van der Waals surface area (Å²) < 4.78 is 1.38. The lowest BCUT2D eigenvalue weighted by Crippen LogP contribution is -2.20. The molecule has 0 N–H and O–H groups in total. The Labute approximate surface area is 152 Å². The molecule has 0 bridgehead atoms. The van der Waals surface area contributed by atoms with Gasteiger partial charge in [-0.1, -0.05) is 65.3 Å². The van der Waals surface area contributed by atoms with E-state index in [9.17, 15) is 4.79 Å². The maximum atomic E-state index is 12.4. The molecule has 2 aromatic carbocycles. The van der Waals surface area contributed by atoms with Gasteiger partial charge >= 0.3 is 0 Å². The van der Waals surface area contributed by atoms with E-state index in [0.29, 0.717) is 27.4 Å². The number of carbonyl (C=O) groups is 1. The Morgan fingerprint density at radius 2 is 1.88 bits per heavy atom. The van der Waals surface area contributed by atoms with Crippen LogP contribution in [-0.4, -0.2) is 20.7 Å². The number of benzene rings is 2. The Balaban J connectivity index is 1.70. The highest BCUT2D eigenvalue weighted by Gasteiger charge is 2.30. The Morgan fingerprint density at radius 1 is 1.08 bits per heavy atom. The molecule has 0 fully saturated rings. The van der Waals surface area contributed by atoms with E-state index in [-0.39, 0.29) is 11.2 Å². The van der Waals surface area contributed by atoms with E-state index in [0.717, 1.165) is 11.1 Å². The van der Waals surface area contributed by atoms with Gasteiger partial charge in [-0.25, -0.2) is 4.98 Å². The number of rotatable bonds is 2. The summed E-state index contributed by atoms with van der Waals surface area (Å²) in [5, 5.41) is 5.89. The van der Waals surface area contributed by atoms with E-state index in [1.54, 1.807) is 30.0 Å². The van der Waals surface area contributed by atoms with Crippen molar-refractivity contribution in [1.82, 2.24) is 14.8 Å². The van der Waals surface area contributed by atoms with Crippen LogP contribution in [0.4, 0.5) is 0 Å². The van der Waals surface area contributed by atoms with Crippen molar-refractivity contribution in [2.45, 2.75) is 16.8 Å². The van der Waals surface area contributed by atoms with Crippen LogP contribution < -0.4 is 0 Å². The molecule has 1 aliphatic rings. The van der Waals surface area contributed by atoms with E-state index < -0.39 is 0 Å². The van der Waals surface area contributed by atoms with Gasteiger partial charge in [-0.15, -0.1) is 5.10 Å². The number of aromatic nitrogens is 3. The van der Waals surface area contributed by atoms with Gasteiger partial charge in [0, 0.05) is 17.2 Å². The van der Waals surface area contributed by atoms with Crippen LogP contribution >= 0.6 is 35.0 Å². The van der Waals surface area contributed by atoms with Crippen molar-refractivity contribution in [2.75, 3.05) is 0 Å². The highest BCUT2D eigenvalue weighted by molar-refractivity contribution is 7.99. The number of hydrogen-bond donors (Lipinski definition) is 0. The summed E-state index contributed by atoms with van der Waals surface area (Å²) in [6.45, 7) is 0. The molecule has 0 radical (unpaired) electrons. The topological polar surface area (TPSA) is 47.8 Å². The Morgan fingerprint density at radius 3 is 2.62 bits per heavy atom. The molecule has 2 heterocycles. The van der Waals surface area contributed by atoms with Gasteiger partial charge in [-0.2, -0.15) is 4.68 Å². The van der Waals surface area contributed by atoms with Gasteiger partial charge in [0.2, 0.25) is 0 Å². The van der Waals surface area contributed by atoms with Crippen LogP contribution in [0.25, 0.3) is 11.4 Å². The standard InChI is InChI=1S/C17H11Cl2N3OS/c18-12-7-6-11(8-13(12)19)16-20-17-22(21-16)15(23)9-14(24-17)10-4-2-1-3-5-10/h1-8,14H,9H2. The first kappa shape index (κ1) is 15.7. The molecule has 1 aliphatic heterocycles. The lowest BCUT2D eigenvalue weighted by molar-refractivity contribution is 0.0868. The highest BCUT2D eigenvalue weighted by Crippen LogP contribution is 2.41. The third-order valence-electron chi connectivity index (χ3n) is 3.77. The normalized spacial score (nSPS) is 16.9. The predicted octanol–water partition coefficient (Wildman–Crippen LogP) is 5.13. The smallest absolute Gasteiger partial charge is 0.250 e. The zero-order chi connectivity index (χ0) is 16.7. The van der Waals surface area contributed by atoms with E-state index >= 15 is 0 Å². The van der Waals surface area contributed by atoms with Crippen molar-refractivity contribution in [1.29, 1.82) is 0 Å². The number of hydrogen-bond acceptors (Lipinski definition) is 4. The summed E-state index contributed by atoms with van der Waals surface area (Å²) in [6.07, 6.45) is 0.395. The highest BCUT2D eigenvalue weighted by atomic mass is 35.5. The number of fused-ring (bicyclic) bond motifs is 1. The second-order valence-corrected chi connectivity index (χ2v) is 7.36. The molecule has 0 aliphatic carbocycles. The van der Waals surface area contributed by atoms with Crippen molar-refractivity contribution >= 4 is 40.9 Å². The second kappa shape index (κ2) is 6.24. The lowest BCUT2D eigenvalue weighted by Gasteiger charge is -2.20. The zero-order valence-corrected chi connectivity index (χ0v) is 14.6. The van der Waals surface area contributed by atoms with Gasteiger partial charge in [-0.3, -0.25) is 4.79 Å². The van der Waals surface area contributed by atoms with Gasteiger partial charge in [0.25, 0.3) is 5.91 Å². The Hall–Kier alpha value is -1.82. The van der Waals surface area contributed by atoms with Crippen molar-refractivity contribution in [3.8, 4) is 11.4 Å². The van der Waals surface area contributed by atoms with Crippen LogP contribution in [0.3, 0.4) is 0 Å². The van der Waals surface area contributed by atoms with E-state index in [1.165, 1.54) is 4.68 Å². The molecule has 4 nitrogen and oxygen atoms in total. The average molecular weight is 376 g/mol. The Kier molecular flexibility index (Phi) is 4.08. The fourth-order valence-electron chi connectivity index (χ4n) is 2.56. The molecule has 0 saturated carbocycles. The molecule has 3 aromatic rings. The van der Waals surface area contributed by atoms with Crippen LogP contribution in [0.5, 0.6) is 0 Å². The first-order valence-electron chi connectivity index (χ1n) is 7.29. The second-order valence-electron chi connectivity index (χ2n) is 5.37. The minimum Gasteiger partial charge on any atom is -0.272 e. The quantitative estimate of drug-likeness (QED) is 0.622. The molecule has 120 valence electrons. The third-order valence-corrected chi connectivity index (χ3v) is 5.71. The van der Waals surface area contributed by atoms with Crippen molar-refractivity contribution in [3.05, 3.63) is 64.1 Å². The summed E-state index contributed by atoms with van der Waals surface area (Å²) in [4.78, 5) is 16.9. The predicted molar refractivity (Wildman–Crippen MR) is 95.8 cm³/mol. The summed E-state index contributed by atoms with van der Waals surface area (Å²) in [5.74, 6) is 0.412. The fraction of sp³-hybridized carbons (Fsp3) is 0.118. The van der Waals surface area contributed by atoms with E-state index in [4.69, 9.17) is 23.2 Å². The molecular weight excluding hydrogens is 365 g/mol. The summed E-state index contributed by atoms with van der Waals surface area (Å²) in [5.41, 5.74) is 1.84. The lowest BCUT2D eigenvalue weighted by atomic mass is 10.1. The summed E-state index contributed by atoms with van der Waals surface area (Å²) >= 11 is 13.5. The first-order valence-corrected chi connectivity index (χ1v) is 8.92. The minimum absolute atomic E-state index is 0.0528. The SMILES string of the molecule is O=C1CC(c2ccccc2)Sc2nc(-c3ccc(Cl)c(Cl)c3)nn21. The largest absolute Gasteiger partial charge is 0.272 e. The van der Waals surface area contributed by atoms with Crippen molar-refractivity contribution in [3.63, 3.8) is 0 Å². The van der Waals surface area contributed by atoms with Gasteiger partial charge < -0.3 is 0 Å². The van der Waals surface area contributed by atoms with Crippen LogP contribution in [0.1, 0.15) is 22.0 Å².